The molecule has 2 bridgehead atoms. The van der Waals surface area contributed by atoms with E-state index in [9.17, 15) is 4.79 Å². The maximum atomic E-state index is 11.2. The van der Waals surface area contributed by atoms with Crippen molar-refractivity contribution in [2.45, 2.75) is 0 Å². The van der Waals surface area contributed by atoms with Crippen LogP contribution in [0.2, 0.25) is 0 Å². The van der Waals surface area contributed by atoms with Crippen LogP contribution < -0.4 is 5.56 Å². The normalized spacial score (nSPS) is 11.7. The molecule has 58 valence electrons. The van der Waals surface area contributed by atoms with Gasteiger partial charge in [-0.15, -0.1) is 0 Å². The minimum atomic E-state index is 0.0914. The van der Waals surface area contributed by atoms with Gasteiger partial charge in [0.05, 0.1) is 0 Å². The molecular weight excluding hydrogens is 219 g/mol. The molecule has 0 unspecified atom stereocenters. The summed E-state index contributed by atoms with van der Waals surface area (Å²) >= 11 is 0.158. The van der Waals surface area contributed by atoms with Crippen LogP contribution in [0.5, 0.6) is 0 Å². The summed E-state index contributed by atoms with van der Waals surface area (Å²) in [5.74, 6) is 0. The van der Waals surface area contributed by atoms with Crippen LogP contribution in [0.1, 0.15) is 0 Å². The molecule has 0 radical (unpaired) electrons. The standard InChI is InChI=1S/C8H4N2OSe/c11-8-7-9-5-3-1-2-4-6(5)10(8)12-7/h1-4H. The number of aromatic nitrogens is 2. The number of hydrogen-bond acceptors (Lipinski definition) is 2. The molecule has 0 N–H and O–H groups in total. The molecule has 0 saturated carbocycles. The summed E-state index contributed by atoms with van der Waals surface area (Å²) in [5, 5.41) is 0. The summed E-state index contributed by atoms with van der Waals surface area (Å²) in [6.07, 6.45) is 0. The molecule has 0 spiro atoms. The Labute approximate surface area is 73.6 Å². The molecule has 0 aliphatic carbocycles. The van der Waals surface area contributed by atoms with Gasteiger partial charge >= 0.3 is 73.2 Å². The summed E-state index contributed by atoms with van der Waals surface area (Å²) < 4.78 is 2.56. The molecule has 4 heteroatoms. The van der Waals surface area contributed by atoms with Crippen molar-refractivity contribution in [3.05, 3.63) is 34.6 Å². The van der Waals surface area contributed by atoms with Gasteiger partial charge in [0.15, 0.2) is 0 Å². The van der Waals surface area contributed by atoms with E-state index < -0.39 is 0 Å². The average Bonchev–Trinajstić information content (AvgIpc) is 2.16. The van der Waals surface area contributed by atoms with Gasteiger partial charge in [0.1, 0.15) is 0 Å². The van der Waals surface area contributed by atoms with Crippen LogP contribution in [0.15, 0.2) is 29.1 Å². The van der Waals surface area contributed by atoms with Gasteiger partial charge < -0.3 is 0 Å². The van der Waals surface area contributed by atoms with E-state index in [1.165, 1.54) is 0 Å². The van der Waals surface area contributed by atoms with Crippen LogP contribution in [0.4, 0.5) is 0 Å². The Bertz CT molecular complexity index is 595. The fourth-order valence-electron chi connectivity index (χ4n) is 1.28. The van der Waals surface area contributed by atoms with E-state index in [-0.39, 0.29) is 20.3 Å². The first kappa shape index (κ1) is 6.40. The molecule has 4 aromatic rings. The Morgan fingerprint density at radius 3 is 3.00 bits per heavy atom. The van der Waals surface area contributed by atoms with Crippen LogP contribution in [0.3, 0.4) is 0 Å². The molecular formula is C8H4N2OSe. The van der Waals surface area contributed by atoms with Crippen molar-refractivity contribution in [1.82, 2.24) is 8.38 Å². The Morgan fingerprint density at radius 1 is 1.33 bits per heavy atom. The van der Waals surface area contributed by atoms with E-state index in [2.05, 4.69) is 4.98 Å². The predicted octanol–water partition coefficient (Wildman–Crippen LogP) is 0.342. The van der Waals surface area contributed by atoms with Crippen LogP contribution in [-0.2, 0) is 0 Å². The zero-order valence-electron chi connectivity index (χ0n) is 6.02. The number of rotatable bonds is 0. The third-order valence-electron chi connectivity index (χ3n) is 1.87. The van der Waals surface area contributed by atoms with Crippen molar-refractivity contribution in [1.29, 1.82) is 0 Å². The van der Waals surface area contributed by atoms with E-state index in [4.69, 9.17) is 0 Å². The Hall–Kier alpha value is -1.12. The summed E-state index contributed by atoms with van der Waals surface area (Å²) in [5.41, 5.74) is 1.99. The number of para-hydroxylation sites is 2. The van der Waals surface area contributed by atoms with E-state index in [1.807, 2.05) is 27.7 Å². The van der Waals surface area contributed by atoms with Crippen molar-refractivity contribution in [3.63, 3.8) is 0 Å². The molecule has 0 aliphatic heterocycles. The van der Waals surface area contributed by atoms with Gasteiger partial charge in [0, 0.05) is 0 Å². The maximum absolute atomic E-state index is 11.2. The van der Waals surface area contributed by atoms with E-state index in [1.54, 1.807) is 0 Å². The van der Waals surface area contributed by atoms with Crippen molar-refractivity contribution in [2.75, 3.05) is 0 Å². The van der Waals surface area contributed by atoms with Gasteiger partial charge in [-0.1, -0.05) is 0 Å². The molecule has 3 aromatic heterocycles. The molecule has 0 atom stereocenters. The fraction of sp³-hybridized carbons (Fsp3) is 0. The van der Waals surface area contributed by atoms with Gasteiger partial charge in [0.2, 0.25) is 0 Å². The molecule has 12 heavy (non-hydrogen) atoms. The SMILES string of the molecule is O=c1c2nc3ccccc3n1[se]2. The zero-order chi connectivity index (χ0) is 8.13. The van der Waals surface area contributed by atoms with Gasteiger partial charge in [-0.25, -0.2) is 0 Å². The second-order valence-corrected chi connectivity index (χ2v) is 4.56. The Morgan fingerprint density at radius 2 is 2.17 bits per heavy atom. The number of nitrogens with zero attached hydrogens (tertiary/aromatic N) is 2. The van der Waals surface area contributed by atoms with Crippen LogP contribution in [-0.4, -0.2) is 23.1 Å². The molecule has 0 saturated heterocycles. The van der Waals surface area contributed by atoms with Crippen molar-refractivity contribution in [2.24, 2.45) is 0 Å². The van der Waals surface area contributed by atoms with Crippen LogP contribution in [0, 0.1) is 0 Å². The first-order valence-corrected chi connectivity index (χ1v) is 5.19. The van der Waals surface area contributed by atoms with Crippen LogP contribution >= 0.6 is 0 Å². The predicted molar refractivity (Wildman–Crippen MR) is 47.1 cm³/mol. The zero-order valence-corrected chi connectivity index (χ0v) is 7.73. The van der Waals surface area contributed by atoms with E-state index >= 15 is 0 Å². The van der Waals surface area contributed by atoms with Gasteiger partial charge in [-0.2, -0.15) is 0 Å². The minimum absolute atomic E-state index is 0.0914. The average molecular weight is 223 g/mol. The van der Waals surface area contributed by atoms with Crippen molar-refractivity contribution >= 4 is 30.2 Å². The second-order valence-electron chi connectivity index (χ2n) is 2.60. The third kappa shape index (κ3) is 0.617. The summed E-state index contributed by atoms with van der Waals surface area (Å²) in [7, 11) is 0. The summed E-state index contributed by atoms with van der Waals surface area (Å²) in [6, 6.07) is 7.74. The first-order chi connectivity index (χ1) is 5.86. The second kappa shape index (κ2) is 1.97. The molecule has 0 fully saturated rings. The van der Waals surface area contributed by atoms with Gasteiger partial charge in [0.25, 0.3) is 0 Å². The molecule has 3 nitrogen and oxygen atoms in total. The number of hydrogen-bond donors (Lipinski definition) is 0. The molecule has 4 rings (SSSR count). The Balaban J connectivity index is 2.71. The van der Waals surface area contributed by atoms with E-state index in [0.29, 0.717) is 0 Å². The van der Waals surface area contributed by atoms with Gasteiger partial charge in [-0.3, -0.25) is 0 Å². The monoisotopic (exact) mass is 224 g/mol. The van der Waals surface area contributed by atoms with Gasteiger partial charge in [-0.05, 0) is 0 Å². The molecule has 1 aromatic carbocycles. The first-order valence-electron chi connectivity index (χ1n) is 3.56. The molecule has 0 amide bonds. The quantitative estimate of drug-likeness (QED) is 0.515. The summed E-state index contributed by atoms with van der Waals surface area (Å²) in [6.45, 7) is 0. The van der Waals surface area contributed by atoms with Crippen molar-refractivity contribution < 1.29 is 0 Å². The molecule has 0 aliphatic rings. The third-order valence-corrected chi connectivity index (χ3v) is 3.93. The van der Waals surface area contributed by atoms with E-state index in [0.717, 1.165) is 15.4 Å². The fourth-order valence-corrected chi connectivity index (χ4v) is 2.90. The summed E-state index contributed by atoms with van der Waals surface area (Å²) in [4.78, 5) is 15.5. The van der Waals surface area contributed by atoms with Crippen LogP contribution in [0.25, 0.3) is 15.4 Å². The Kier molecular flexibility index (Phi) is 1.05. The molecule has 3 heterocycles. The number of benzene rings is 1. The topological polar surface area (TPSA) is 34.4 Å². The van der Waals surface area contributed by atoms with Crippen molar-refractivity contribution in [3.8, 4) is 0 Å².